The normalized spacial score (nSPS) is 24.4. The summed E-state index contributed by atoms with van der Waals surface area (Å²) in [6.07, 6.45) is 1.12. The van der Waals surface area contributed by atoms with Gasteiger partial charge in [0.1, 0.15) is 0 Å². The molecule has 120 valence electrons. The average molecular weight is 309 g/mol. The topological polar surface area (TPSA) is 116 Å². The van der Waals surface area contributed by atoms with Crippen molar-refractivity contribution in [2.45, 2.75) is 18.8 Å². The SMILES string of the molecule is CC1NCCOC1(O)c1ccccc1.O=C(O)C=CC(=O)O. The summed E-state index contributed by atoms with van der Waals surface area (Å²) in [7, 11) is 0. The smallest absolute Gasteiger partial charge is 0.328 e. The Labute approximate surface area is 127 Å². The molecule has 7 heteroatoms. The Balaban J connectivity index is 0.000000261. The molecule has 1 aromatic carbocycles. The first kappa shape index (κ1) is 17.8. The fraction of sp³-hybridized carbons (Fsp3) is 0.333. The van der Waals surface area contributed by atoms with Crippen LogP contribution in [0.5, 0.6) is 0 Å². The maximum absolute atomic E-state index is 10.3. The van der Waals surface area contributed by atoms with Crippen molar-refractivity contribution in [3.05, 3.63) is 48.0 Å². The Kier molecular flexibility index (Phi) is 6.71. The van der Waals surface area contributed by atoms with Crippen LogP contribution in [-0.4, -0.2) is 46.5 Å². The largest absolute Gasteiger partial charge is 0.478 e. The van der Waals surface area contributed by atoms with E-state index in [2.05, 4.69) is 5.32 Å². The second-order valence-electron chi connectivity index (χ2n) is 4.60. The van der Waals surface area contributed by atoms with E-state index in [0.717, 1.165) is 12.1 Å². The fourth-order valence-corrected chi connectivity index (χ4v) is 1.90. The van der Waals surface area contributed by atoms with E-state index in [-0.39, 0.29) is 6.04 Å². The highest BCUT2D eigenvalue weighted by Crippen LogP contribution is 2.28. The van der Waals surface area contributed by atoms with E-state index in [0.29, 0.717) is 18.8 Å². The van der Waals surface area contributed by atoms with E-state index < -0.39 is 17.7 Å². The molecule has 2 atom stereocenters. The molecule has 2 unspecified atom stereocenters. The van der Waals surface area contributed by atoms with Crippen molar-refractivity contribution in [3.8, 4) is 0 Å². The molecule has 7 nitrogen and oxygen atoms in total. The molecule has 22 heavy (non-hydrogen) atoms. The third kappa shape index (κ3) is 5.28. The number of carboxylic acids is 2. The molecule has 1 aliphatic rings. The summed E-state index contributed by atoms with van der Waals surface area (Å²) < 4.78 is 5.46. The number of morpholine rings is 1. The minimum absolute atomic E-state index is 0.0846. The van der Waals surface area contributed by atoms with Gasteiger partial charge < -0.3 is 25.4 Å². The highest BCUT2D eigenvalue weighted by atomic mass is 16.6. The number of aliphatic carboxylic acids is 2. The molecule has 2 rings (SSSR count). The van der Waals surface area contributed by atoms with Gasteiger partial charge >= 0.3 is 11.9 Å². The Morgan fingerprint density at radius 1 is 1.23 bits per heavy atom. The highest BCUT2D eigenvalue weighted by Gasteiger charge is 2.38. The van der Waals surface area contributed by atoms with Crippen LogP contribution in [0.25, 0.3) is 0 Å². The highest BCUT2D eigenvalue weighted by molar-refractivity contribution is 5.89. The maximum Gasteiger partial charge on any atom is 0.328 e. The fourth-order valence-electron chi connectivity index (χ4n) is 1.90. The van der Waals surface area contributed by atoms with Gasteiger partial charge in [-0.3, -0.25) is 0 Å². The van der Waals surface area contributed by atoms with Crippen LogP contribution in [-0.2, 0) is 20.1 Å². The third-order valence-electron chi connectivity index (χ3n) is 3.02. The number of nitrogens with one attached hydrogen (secondary N) is 1. The Hall–Kier alpha value is -2.22. The molecular formula is C15H19NO6. The molecule has 0 radical (unpaired) electrons. The molecule has 1 saturated heterocycles. The standard InChI is InChI=1S/C11H15NO2.C4H4O4/c1-9-11(13,14-8-7-12-9)10-5-3-2-4-6-10;5-3(6)1-2-4(7)8/h2-6,9,12-13H,7-8H2,1H3;1-2H,(H,5,6)(H,7,8). The summed E-state index contributed by atoms with van der Waals surface area (Å²) in [6, 6.07) is 9.40. The van der Waals surface area contributed by atoms with Crippen molar-refractivity contribution in [1.82, 2.24) is 5.32 Å². The molecule has 0 aromatic heterocycles. The van der Waals surface area contributed by atoms with E-state index >= 15 is 0 Å². The number of ether oxygens (including phenoxy) is 1. The van der Waals surface area contributed by atoms with Crippen molar-refractivity contribution in [3.63, 3.8) is 0 Å². The summed E-state index contributed by atoms with van der Waals surface area (Å²) in [4.78, 5) is 19.1. The lowest BCUT2D eigenvalue weighted by molar-refractivity contribution is -0.245. The first-order chi connectivity index (χ1) is 10.4. The molecule has 0 amide bonds. The lowest BCUT2D eigenvalue weighted by Gasteiger charge is -2.38. The number of carbonyl (C=O) groups is 2. The third-order valence-corrected chi connectivity index (χ3v) is 3.02. The van der Waals surface area contributed by atoms with Gasteiger partial charge in [0.2, 0.25) is 5.79 Å². The molecular weight excluding hydrogens is 290 g/mol. The van der Waals surface area contributed by atoms with Gasteiger partial charge in [0.15, 0.2) is 0 Å². The van der Waals surface area contributed by atoms with Crippen LogP contribution >= 0.6 is 0 Å². The van der Waals surface area contributed by atoms with Gasteiger partial charge in [-0.25, -0.2) is 9.59 Å². The zero-order chi connectivity index (χ0) is 16.6. The number of aliphatic hydroxyl groups is 1. The number of hydrogen-bond acceptors (Lipinski definition) is 5. The zero-order valence-electron chi connectivity index (χ0n) is 12.1. The van der Waals surface area contributed by atoms with Gasteiger partial charge in [-0.1, -0.05) is 30.3 Å². The monoisotopic (exact) mass is 309 g/mol. The molecule has 1 fully saturated rings. The molecule has 4 N–H and O–H groups in total. The Morgan fingerprint density at radius 2 is 1.77 bits per heavy atom. The van der Waals surface area contributed by atoms with Crippen LogP contribution in [0.1, 0.15) is 12.5 Å². The molecule has 0 spiro atoms. The lowest BCUT2D eigenvalue weighted by Crippen LogP contribution is -2.54. The summed E-state index contributed by atoms with van der Waals surface area (Å²) in [5.41, 5.74) is 0.805. The van der Waals surface area contributed by atoms with Crippen molar-refractivity contribution >= 4 is 11.9 Å². The molecule has 0 aliphatic carbocycles. The Bertz CT molecular complexity index is 514. The van der Waals surface area contributed by atoms with E-state index in [9.17, 15) is 14.7 Å². The van der Waals surface area contributed by atoms with Gasteiger partial charge in [0.05, 0.1) is 12.6 Å². The van der Waals surface area contributed by atoms with Gasteiger partial charge in [-0.2, -0.15) is 0 Å². The first-order valence-electron chi connectivity index (χ1n) is 6.65. The minimum Gasteiger partial charge on any atom is -0.478 e. The Morgan fingerprint density at radius 3 is 2.23 bits per heavy atom. The summed E-state index contributed by atoms with van der Waals surface area (Å²) in [5, 5.41) is 29.1. The van der Waals surface area contributed by atoms with Gasteiger partial charge in [0, 0.05) is 24.3 Å². The second-order valence-corrected chi connectivity index (χ2v) is 4.60. The minimum atomic E-state index is -1.26. The number of rotatable bonds is 3. The molecule has 1 aromatic rings. The van der Waals surface area contributed by atoms with Crippen LogP contribution in [0.3, 0.4) is 0 Å². The van der Waals surface area contributed by atoms with E-state index in [1.54, 1.807) is 0 Å². The van der Waals surface area contributed by atoms with E-state index in [4.69, 9.17) is 14.9 Å². The summed E-state index contributed by atoms with van der Waals surface area (Å²) in [6.45, 7) is 3.25. The van der Waals surface area contributed by atoms with Crippen LogP contribution in [0.2, 0.25) is 0 Å². The van der Waals surface area contributed by atoms with Gasteiger partial charge in [0.25, 0.3) is 0 Å². The predicted octanol–water partition coefficient (Wildman–Crippen LogP) is 0.552. The summed E-state index contributed by atoms with van der Waals surface area (Å²) >= 11 is 0. The first-order valence-corrected chi connectivity index (χ1v) is 6.65. The van der Waals surface area contributed by atoms with Crippen LogP contribution in [0.4, 0.5) is 0 Å². The zero-order valence-corrected chi connectivity index (χ0v) is 12.1. The molecule has 0 saturated carbocycles. The van der Waals surface area contributed by atoms with Crippen molar-refractivity contribution < 1.29 is 29.6 Å². The average Bonchev–Trinajstić information content (AvgIpc) is 2.50. The number of hydrogen-bond donors (Lipinski definition) is 4. The molecule has 1 heterocycles. The lowest BCUT2D eigenvalue weighted by atomic mass is 9.98. The van der Waals surface area contributed by atoms with Gasteiger partial charge in [-0.05, 0) is 6.92 Å². The second kappa shape index (κ2) is 8.28. The molecule has 0 bridgehead atoms. The van der Waals surface area contributed by atoms with Crippen molar-refractivity contribution in [1.29, 1.82) is 0 Å². The van der Waals surface area contributed by atoms with Crippen LogP contribution in [0, 0.1) is 0 Å². The number of carboxylic acid groups (broad SMARTS) is 2. The van der Waals surface area contributed by atoms with Crippen molar-refractivity contribution in [2.75, 3.05) is 13.2 Å². The maximum atomic E-state index is 10.3. The van der Waals surface area contributed by atoms with Crippen LogP contribution < -0.4 is 5.32 Å². The van der Waals surface area contributed by atoms with E-state index in [1.165, 1.54) is 0 Å². The predicted molar refractivity (Wildman–Crippen MR) is 78.2 cm³/mol. The van der Waals surface area contributed by atoms with E-state index in [1.807, 2.05) is 37.3 Å². The molecule has 1 aliphatic heterocycles. The van der Waals surface area contributed by atoms with Gasteiger partial charge in [-0.15, -0.1) is 0 Å². The number of benzene rings is 1. The van der Waals surface area contributed by atoms with Crippen LogP contribution in [0.15, 0.2) is 42.5 Å². The quantitative estimate of drug-likeness (QED) is 0.603. The summed E-state index contributed by atoms with van der Waals surface area (Å²) in [5.74, 6) is -3.70. The van der Waals surface area contributed by atoms with Crippen molar-refractivity contribution in [2.24, 2.45) is 0 Å².